The number of carbonyl (C=O) groups excluding carboxylic acids is 1. The predicted molar refractivity (Wildman–Crippen MR) is 71.7 cm³/mol. The number of fused-ring (bicyclic) bond motifs is 1. The molecule has 3 heteroatoms. The summed E-state index contributed by atoms with van der Waals surface area (Å²) in [7, 11) is 0. The summed E-state index contributed by atoms with van der Waals surface area (Å²) in [4.78, 5) is 10.7. The first-order valence-corrected chi connectivity index (χ1v) is 6.77. The molecule has 0 bridgehead atoms. The van der Waals surface area contributed by atoms with Gasteiger partial charge >= 0.3 is 0 Å². The highest BCUT2D eigenvalue weighted by molar-refractivity contribution is 5.86. The summed E-state index contributed by atoms with van der Waals surface area (Å²) in [5, 5.41) is 5.53. The highest BCUT2D eigenvalue weighted by Gasteiger charge is 2.15. The summed E-state index contributed by atoms with van der Waals surface area (Å²) in [6.45, 7) is 1.02. The van der Waals surface area contributed by atoms with Crippen LogP contribution in [0.25, 0.3) is 10.9 Å². The van der Waals surface area contributed by atoms with Crippen LogP contribution in [0.5, 0.6) is 0 Å². The third-order valence-corrected chi connectivity index (χ3v) is 3.96. The number of carbonyl (C=O) groups is 1. The summed E-state index contributed by atoms with van der Waals surface area (Å²) in [6.07, 6.45) is 9.52. The van der Waals surface area contributed by atoms with E-state index in [9.17, 15) is 4.79 Å². The van der Waals surface area contributed by atoms with Crippen LogP contribution in [-0.4, -0.2) is 16.1 Å². The Hall–Kier alpha value is -1.64. The second-order valence-corrected chi connectivity index (χ2v) is 5.27. The van der Waals surface area contributed by atoms with E-state index in [1.54, 1.807) is 0 Å². The van der Waals surface area contributed by atoms with E-state index in [1.807, 2.05) is 24.4 Å². The summed E-state index contributed by atoms with van der Waals surface area (Å²) in [5.74, 6) is 0.771. The average molecular weight is 242 g/mol. The van der Waals surface area contributed by atoms with Crippen molar-refractivity contribution in [1.82, 2.24) is 9.78 Å². The number of aromatic nitrogens is 2. The number of nitrogens with zero attached hydrogens (tertiary/aromatic N) is 2. The Balaban J connectivity index is 1.85. The Labute approximate surface area is 107 Å². The SMILES string of the molecule is O=Cc1ccc2c(cnn2CC2CCCCC2)c1. The fourth-order valence-corrected chi connectivity index (χ4v) is 2.94. The van der Waals surface area contributed by atoms with Crippen molar-refractivity contribution in [3.8, 4) is 0 Å². The average Bonchev–Trinajstić information content (AvgIpc) is 2.82. The first-order chi connectivity index (χ1) is 8.86. The standard InChI is InChI=1S/C15H18N2O/c18-11-13-6-7-15-14(8-13)9-16-17(15)10-12-4-2-1-3-5-12/h6-9,11-12H,1-5,10H2. The van der Waals surface area contributed by atoms with Gasteiger partial charge in [-0.3, -0.25) is 9.48 Å². The maximum atomic E-state index is 10.7. The molecule has 1 saturated carbocycles. The van der Waals surface area contributed by atoms with Gasteiger partial charge in [-0.25, -0.2) is 0 Å². The van der Waals surface area contributed by atoms with E-state index in [1.165, 1.54) is 32.1 Å². The molecule has 0 unspecified atom stereocenters. The van der Waals surface area contributed by atoms with Crippen LogP contribution in [0.2, 0.25) is 0 Å². The molecule has 3 rings (SSSR count). The van der Waals surface area contributed by atoms with E-state index in [4.69, 9.17) is 0 Å². The van der Waals surface area contributed by atoms with E-state index >= 15 is 0 Å². The zero-order valence-electron chi connectivity index (χ0n) is 10.5. The molecule has 0 aliphatic heterocycles. The van der Waals surface area contributed by atoms with Crippen LogP contribution < -0.4 is 0 Å². The van der Waals surface area contributed by atoms with Crippen molar-refractivity contribution in [3.63, 3.8) is 0 Å². The molecule has 0 saturated heterocycles. The molecule has 2 aromatic rings. The van der Waals surface area contributed by atoms with Gasteiger partial charge < -0.3 is 0 Å². The minimum Gasteiger partial charge on any atom is -0.298 e. The molecule has 1 aromatic heterocycles. The number of hydrogen-bond acceptors (Lipinski definition) is 2. The third-order valence-electron chi connectivity index (χ3n) is 3.96. The highest BCUT2D eigenvalue weighted by atomic mass is 16.1. The zero-order valence-corrected chi connectivity index (χ0v) is 10.5. The minimum atomic E-state index is 0.722. The van der Waals surface area contributed by atoms with Gasteiger partial charge in [-0.05, 0) is 37.0 Å². The number of aldehydes is 1. The van der Waals surface area contributed by atoms with Gasteiger partial charge in [0.2, 0.25) is 0 Å². The first kappa shape index (κ1) is 11.5. The van der Waals surface area contributed by atoms with Gasteiger partial charge in [0.15, 0.2) is 0 Å². The molecule has 0 radical (unpaired) electrons. The molecular formula is C15H18N2O. The van der Waals surface area contributed by atoms with Crippen LogP contribution in [0.4, 0.5) is 0 Å². The van der Waals surface area contributed by atoms with Crippen molar-refractivity contribution >= 4 is 17.2 Å². The second kappa shape index (κ2) is 4.92. The molecule has 1 fully saturated rings. The molecule has 94 valence electrons. The quantitative estimate of drug-likeness (QED) is 0.773. The molecule has 1 aliphatic carbocycles. The van der Waals surface area contributed by atoms with E-state index in [0.29, 0.717) is 0 Å². The fourth-order valence-electron chi connectivity index (χ4n) is 2.94. The molecule has 0 spiro atoms. The molecule has 1 aliphatic rings. The zero-order chi connectivity index (χ0) is 12.4. The lowest BCUT2D eigenvalue weighted by Gasteiger charge is -2.21. The monoisotopic (exact) mass is 242 g/mol. The minimum absolute atomic E-state index is 0.722. The second-order valence-electron chi connectivity index (χ2n) is 5.27. The maximum Gasteiger partial charge on any atom is 0.150 e. The van der Waals surface area contributed by atoms with Crippen LogP contribution >= 0.6 is 0 Å². The molecular weight excluding hydrogens is 224 g/mol. The van der Waals surface area contributed by atoms with Gasteiger partial charge in [-0.2, -0.15) is 5.10 Å². The molecule has 1 heterocycles. The van der Waals surface area contributed by atoms with E-state index in [2.05, 4.69) is 9.78 Å². The third kappa shape index (κ3) is 2.17. The lowest BCUT2D eigenvalue weighted by molar-refractivity contribution is 0.112. The summed E-state index contributed by atoms with van der Waals surface area (Å²) >= 11 is 0. The van der Waals surface area contributed by atoms with Gasteiger partial charge in [-0.15, -0.1) is 0 Å². The van der Waals surface area contributed by atoms with Crippen LogP contribution in [-0.2, 0) is 6.54 Å². The van der Waals surface area contributed by atoms with E-state index in [0.717, 1.165) is 35.2 Å². The largest absolute Gasteiger partial charge is 0.298 e. The topological polar surface area (TPSA) is 34.9 Å². The van der Waals surface area contributed by atoms with Crippen molar-refractivity contribution in [3.05, 3.63) is 30.0 Å². The Bertz CT molecular complexity index is 553. The van der Waals surface area contributed by atoms with Gasteiger partial charge in [-0.1, -0.05) is 19.3 Å². The lowest BCUT2D eigenvalue weighted by Crippen LogP contribution is -2.14. The molecule has 3 nitrogen and oxygen atoms in total. The summed E-state index contributed by atoms with van der Waals surface area (Å²) < 4.78 is 2.10. The normalized spacial score (nSPS) is 17.1. The Morgan fingerprint density at radius 2 is 2.11 bits per heavy atom. The number of rotatable bonds is 3. The van der Waals surface area contributed by atoms with Crippen LogP contribution in [0, 0.1) is 5.92 Å². The molecule has 18 heavy (non-hydrogen) atoms. The summed E-state index contributed by atoms with van der Waals surface area (Å²) in [6, 6.07) is 5.79. The highest BCUT2D eigenvalue weighted by Crippen LogP contribution is 2.26. The fraction of sp³-hybridized carbons (Fsp3) is 0.467. The van der Waals surface area contributed by atoms with Crippen LogP contribution in [0.3, 0.4) is 0 Å². The molecule has 0 amide bonds. The van der Waals surface area contributed by atoms with Crippen molar-refractivity contribution in [2.75, 3.05) is 0 Å². The van der Waals surface area contributed by atoms with Gasteiger partial charge in [0.05, 0.1) is 11.7 Å². The van der Waals surface area contributed by atoms with Crippen LogP contribution in [0.15, 0.2) is 24.4 Å². The van der Waals surface area contributed by atoms with Gasteiger partial charge in [0.1, 0.15) is 6.29 Å². The van der Waals surface area contributed by atoms with Crippen molar-refractivity contribution < 1.29 is 4.79 Å². The molecule has 0 N–H and O–H groups in total. The smallest absolute Gasteiger partial charge is 0.150 e. The number of hydrogen-bond donors (Lipinski definition) is 0. The molecule has 0 atom stereocenters. The van der Waals surface area contributed by atoms with Crippen molar-refractivity contribution in [2.24, 2.45) is 5.92 Å². The van der Waals surface area contributed by atoms with E-state index in [-0.39, 0.29) is 0 Å². The Morgan fingerprint density at radius 3 is 2.89 bits per heavy atom. The van der Waals surface area contributed by atoms with Crippen LogP contribution in [0.1, 0.15) is 42.5 Å². The lowest BCUT2D eigenvalue weighted by atomic mass is 9.89. The van der Waals surface area contributed by atoms with Gasteiger partial charge in [0, 0.05) is 17.5 Å². The predicted octanol–water partition coefficient (Wildman–Crippen LogP) is 3.43. The molecule has 1 aromatic carbocycles. The van der Waals surface area contributed by atoms with E-state index < -0.39 is 0 Å². The maximum absolute atomic E-state index is 10.7. The Kier molecular flexibility index (Phi) is 3.13. The Morgan fingerprint density at radius 1 is 1.28 bits per heavy atom. The number of benzene rings is 1. The summed E-state index contributed by atoms with van der Waals surface area (Å²) in [5.41, 5.74) is 1.87. The van der Waals surface area contributed by atoms with Crippen molar-refractivity contribution in [2.45, 2.75) is 38.6 Å². The first-order valence-electron chi connectivity index (χ1n) is 6.77. The van der Waals surface area contributed by atoms with Gasteiger partial charge in [0.25, 0.3) is 0 Å². The van der Waals surface area contributed by atoms with Crippen molar-refractivity contribution in [1.29, 1.82) is 0 Å².